The Kier molecular flexibility index (Phi) is 5.80. The highest BCUT2D eigenvalue weighted by Crippen LogP contribution is 2.52. The van der Waals surface area contributed by atoms with Crippen LogP contribution >= 0.6 is 11.3 Å². The molecule has 0 radical (unpaired) electrons. The SMILES string of the molecule is c1ccc(-n2c3ccccc3c3c4sc5ccccc5c4c4c(c5ccccc5n4-c4cccc(-c5ccc6c7c(cccc57)-c5ccccc5-6)c4)c32)cc1. The molecule has 2 nitrogen and oxygen atoms in total. The van der Waals surface area contributed by atoms with Gasteiger partial charge in [0.1, 0.15) is 0 Å². The summed E-state index contributed by atoms with van der Waals surface area (Å²) in [7, 11) is 0. The van der Waals surface area contributed by atoms with Gasteiger partial charge in [-0.05, 0) is 86.6 Å². The molecule has 254 valence electrons. The van der Waals surface area contributed by atoms with Crippen molar-refractivity contribution in [2.75, 3.05) is 0 Å². The quantitative estimate of drug-likeness (QED) is 0.172. The van der Waals surface area contributed by atoms with Crippen molar-refractivity contribution in [2.24, 2.45) is 0 Å². The Morgan fingerprint density at radius 3 is 1.64 bits per heavy atom. The summed E-state index contributed by atoms with van der Waals surface area (Å²) in [6.07, 6.45) is 0. The summed E-state index contributed by atoms with van der Waals surface area (Å²) in [6.45, 7) is 0. The van der Waals surface area contributed by atoms with Gasteiger partial charge in [-0.3, -0.25) is 0 Å². The van der Waals surface area contributed by atoms with Crippen molar-refractivity contribution >= 4 is 85.9 Å². The van der Waals surface area contributed by atoms with Crippen LogP contribution in [0.2, 0.25) is 0 Å². The van der Waals surface area contributed by atoms with Gasteiger partial charge in [0.05, 0.1) is 22.1 Å². The molecule has 0 N–H and O–H groups in total. The Hall–Kier alpha value is -6.94. The molecule has 9 aromatic carbocycles. The maximum Gasteiger partial charge on any atom is 0.0656 e. The van der Waals surface area contributed by atoms with E-state index in [1.54, 1.807) is 0 Å². The van der Waals surface area contributed by atoms with E-state index in [-0.39, 0.29) is 0 Å². The van der Waals surface area contributed by atoms with Crippen LogP contribution in [0.3, 0.4) is 0 Å². The van der Waals surface area contributed by atoms with E-state index in [1.165, 1.54) is 114 Å². The Balaban J connectivity index is 1.19. The van der Waals surface area contributed by atoms with Gasteiger partial charge in [-0.25, -0.2) is 0 Å². The predicted octanol–water partition coefficient (Wildman–Crippen LogP) is 14.7. The molecule has 3 aromatic heterocycles. The van der Waals surface area contributed by atoms with Gasteiger partial charge in [0.25, 0.3) is 0 Å². The Bertz CT molecular complexity index is 3570. The summed E-state index contributed by atoms with van der Waals surface area (Å²) >= 11 is 1.92. The van der Waals surface area contributed by atoms with Crippen LogP contribution in [0, 0.1) is 0 Å². The van der Waals surface area contributed by atoms with Crippen LogP contribution in [0.5, 0.6) is 0 Å². The van der Waals surface area contributed by atoms with Crippen LogP contribution in [-0.2, 0) is 0 Å². The zero-order valence-corrected chi connectivity index (χ0v) is 30.4. The summed E-state index contributed by atoms with van der Waals surface area (Å²) in [5.41, 5.74) is 15.1. The minimum atomic E-state index is 1.16. The van der Waals surface area contributed by atoms with Gasteiger partial charge in [0.2, 0.25) is 0 Å². The molecular weight excluding hydrogens is 685 g/mol. The lowest BCUT2D eigenvalue weighted by Crippen LogP contribution is -1.96. The molecule has 0 saturated heterocycles. The van der Waals surface area contributed by atoms with E-state index in [0.29, 0.717) is 0 Å². The van der Waals surface area contributed by atoms with Crippen LogP contribution < -0.4 is 0 Å². The molecule has 1 aliphatic rings. The summed E-state index contributed by atoms with van der Waals surface area (Å²) in [5.74, 6) is 0. The van der Waals surface area contributed by atoms with E-state index in [1.807, 2.05) is 11.3 Å². The highest BCUT2D eigenvalue weighted by molar-refractivity contribution is 7.27. The van der Waals surface area contributed by atoms with E-state index in [0.717, 1.165) is 5.69 Å². The van der Waals surface area contributed by atoms with Crippen LogP contribution in [-0.4, -0.2) is 9.13 Å². The van der Waals surface area contributed by atoms with Crippen LogP contribution in [0.1, 0.15) is 0 Å². The van der Waals surface area contributed by atoms with Gasteiger partial charge in [-0.15, -0.1) is 11.3 Å². The average molecular weight is 715 g/mol. The second kappa shape index (κ2) is 10.8. The average Bonchev–Trinajstić information content (AvgIpc) is 3.99. The number of aromatic nitrogens is 2. The smallest absolute Gasteiger partial charge is 0.0656 e. The molecule has 55 heavy (non-hydrogen) atoms. The number of thiophene rings is 1. The molecule has 0 atom stereocenters. The number of hydrogen-bond acceptors (Lipinski definition) is 1. The Labute approximate surface area is 320 Å². The van der Waals surface area contributed by atoms with Crippen molar-refractivity contribution in [1.82, 2.24) is 9.13 Å². The first-order valence-electron chi connectivity index (χ1n) is 18.9. The van der Waals surface area contributed by atoms with Gasteiger partial charge in [-0.1, -0.05) is 140 Å². The first-order chi connectivity index (χ1) is 27.3. The van der Waals surface area contributed by atoms with Crippen LogP contribution in [0.15, 0.2) is 182 Å². The fraction of sp³-hybridized carbons (Fsp3) is 0. The number of nitrogens with zero attached hydrogens (tertiary/aromatic N) is 2. The molecule has 3 heteroatoms. The maximum absolute atomic E-state index is 2.55. The lowest BCUT2D eigenvalue weighted by atomic mass is 9.94. The minimum Gasteiger partial charge on any atom is -0.308 e. The zero-order valence-electron chi connectivity index (χ0n) is 29.6. The van der Waals surface area contributed by atoms with Gasteiger partial charge >= 0.3 is 0 Å². The van der Waals surface area contributed by atoms with Crippen molar-refractivity contribution in [3.63, 3.8) is 0 Å². The fourth-order valence-electron chi connectivity index (χ4n) is 9.87. The topological polar surface area (TPSA) is 9.86 Å². The largest absolute Gasteiger partial charge is 0.308 e. The first kappa shape index (κ1) is 29.5. The predicted molar refractivity (Wildman–Crippen MR) is 235 cm³/mol. The van der Waals surface area contributed by atoms with E-state index >= 15 is 0 Å². The lowest BCUT2D eigenvalue weighted by Gasteiger charge is -2.14. The highest BCUT2D eigenvalue weighted by atomic mass is 32.1. The lowest BCUT2D eigenvalue weighted by molar-refractivity contribution is 1.18. The molecule has 0 bridgehead atoms. The van der Waals surface area contributed by atoms with E-state index in [2.05, 4.69) is 191 Å². The minimum absolute atomic E-state index is 1.16. The van der Waals surface area contributed by atoms with Crippen molar-refractivity contribution in [3.05, 3.63) is 182 Å². The monoisotopic (exact) mass is 714 g/mol. The molecule has 0 saturated carbocycles. The molecule has 13 rings (SSSR count). The molecule has 3 heterocycles. The van der Waals surface area contributed by atoms with Crippen molar-refractivity contribution in [2.45, 2.75) is 0 Å². The fourth-order valence-corrected chi connectivity index (χ4v) is 11.1. The molecule has 0 amide bonds. The number of para-hydroxylation sites is 3. The normalized spacial score (nSPS) is 12.4. The molecule has 0 fully saturated rings. The number of hydrogen-bond donors (Lipinski definition) is 0. The van der Waals surface area contributed by atoms with Gasteiger partial charge in [-0.2, -0.15) is 0 Å². The summed E-state index contributed by atoms with van der Waals surface area (Å²) < 4.78 is 7.71. The van der Waals surface area contributed by atoms with E-state index in [4.69, 9.17) is 0 Å². The van der Waals surface area contributed by atoms with Gasteiger partial charge in [0, 0.05) is 53.1 Å². The van der Waals surface area contributed by atoms with Crippen LogP contribution in [0.4, 0.5) is 0 Å². The molecular formula is C52H30N2S. The summed E-state index contributed by atoms with van der Waals surface area (Å²) in [5, 5.41) is 10.4. The van der Waals surface area contributed by atoms with Crippen molar-refractivity contribution in [3.8, 4) is 44.8 Å². The number of fused-ring (bicyclic) bond motifs is 15. The first-order valence-corrected chi connectivity index (χ1v) is 19.8. The van der Waals surface area contributed by atoms with E-state index in [9.17, 15) is 0 Å². The van der Waals surface area contributed by atoms with Gasteiger partial charge in [0.15, 0.2) is 0 Å². The number of rotatable bonds is 3. The zero-order chi connectivity index (χ0) is 35.8. The van der Waals surface area contributed by atoms with E-state index < -0.39 is 0 Å². The van der Waals surface area contributed by atoms with Crippen molar-refractivity contribution in [1.29, 1.82) is 0 Å². The summed E-state index contributed by atoms with van der Waals surface area (Å²) in [4.78, 5) is 0. The molecule has 0 unspecified atom stereocenters. The molecule has 0 aliphatic heterocycles. The highest BCUT2D eigenvalue weighted by Gasteiger charge is 2.27. The summed E-state index contributed by atoms with van der Waals surface area (Å²) in [6, 6.07) is 67.4. The van der Waals surface area contributed by atoms with Gasteiger partial charge < -0.3 is 9.13 Å². The third-order valence-electron chi connectivity index (χ3n) is 12.0. The van der Waals surface area contributed by atoms with Crippen LogP contribution in [0.25, 0.3) is 119 Å². The Morgan fingerprint density at radius 2 is 0.855 bits per heavy atom. The second-order valence-corrected chi connectivity index (χ2v) is 15.8. The maximum atomic E-state index is 2.55. The number of benzene rings is 9. The second-order valence-electron chi connectivity index (χ2n) is 14.8. The molecule has 0 spiro atoms. The Morgan fingerprint density at radius 1 is 0.327 bits per heavy atom. The molecule has 1 aliphatic carbocycles. The third-order valence-corrected chi connectivity index (χ3v) is 13.2. The third kappa shape index (κ3) is 3.82. The standard InChI is InChI=1S/C52H30N2S/c1-2-15-32(16-3-1)53-44-26-10-7-21-41(44)48-50(53)47-40-20-6-9-25-43(40)54(51(47)49-42-22-8-11-27-45(42)55-52(48)49)33-17-12-14-31(30-33)34-28-29-39-36-19-5-4-18-35(36)38-24-13-23-37(34)46(38)39/h1-30H. The molecule has 12 aromatic rings. The van der Waals surface area contributed by atoms with Crippen molar-refractivity contribution < 1.29 is 0 Å².